The Bertz CT molecular complexity index is 140. The van der Waals surface area contributed by atoms with Crippen molar-refractivity contribution in [2.75, 3.05) is 13.1 Å². The van der Waals surface area contributed by atoms with E-state index >= 15 is 0 Å². The van der Waals surface area contributed by atoms with Gasteiger partial charge < -0.3 is 5.11 Å². The summed E-state index contributed by atoms with van der Waals surface area (Å²) in [5.74, 6) is -0.667. The molecule has 0 bridgehead atoms. The normalized spacial score (nSPS) is 24.6. The van der Waals surface area contributed by atoms with Crippen molar-refractivity contribution in [2.45, 2.75) is 25.8 Å². The van der Waals surface area contributed by atoms with Crippen LogP contribution in [0.15, 0.2) is 0 Å². The van der Waals surface area contributed by atoms with Gasteiger partial charge in [-0.15, -0.1) is 0 Å². The van der Waals surface area contributed by atoms with Gasteiger partial charge in [0, 0.05) is 0 Å². The van der Waals surface area contributed by atoms with Gasteiger partial charge in [0.15, 0.2) is 0 Å². The first-order chi connectivity index (χ1) is 4.75. The standard InChI is InChI=1S/C7H13NO2.Li.H/c1-2-8-5-3-4-6(8)7(9)10;;/h6H,2-5H2,1H3,(H,9,10);;/t6-;;/m0../s1. The van der Waals surface area contributed by atoms with Crippen molar-refractivity contribution in [1.29, 1.82) is 0 Å². The number of hydrogen-bond donors (Lipinski definition) is 1. The van der Waals surface area contributed by atoms with Gasteiger partial charge in [-0.2, -0.15) is 0 Å². The number of carboxylic acid groups (broad SMARTS) is 1. The minimum atomic E-state index is -0.667. The van der Waals surface area contributed by atoms with E-state index in [0.29, 0.717) is 0 Å². The van der Waals surface area contributed by atoms with Crippen LogP contribution < -0.4 is 0 Å². The average molecular weight is 151 g/mol. The quantitative estimate of drug-likeness (QED) is 0.560. The number of nitrogens with zero attached hydrogens (tertiary/aromatic N) is 1. The predicted molar refractivity (Wildman–Crippen MR) is 45.1 cm³/mol. The first-order valence-electron chi connectivity index (χ1n) is 3.72. The first kappa shape index (κ1) is 11.0. The van der Waals surface area contributed by atoms with E-state index in [2.05, 4.69) is 0 Å². The van der Waals surface area contributed by atoms with E-state index in [-0.39, 0.29) is 24.9 Å². The molecule has 1 heterocycles. The van der Waals surface area contributed by atoms with E-state index in [1.54, 1.807) is 0 Å². The van der Waals surface area contributed by atoms with Crippen LogP contribution in [0.5, 0.6) is 0 Å². The summed E-state index contributed by atoms with van der Waals surface area (Å²) in [6, 6.07) is -0.204. The predicted octanol–water partition coefficient (Wildman–Crippen LogP) is -0.0932. The molecular formula is C7H14LiNO2. The molecule has 0 spiro atoms. The van der Waals surface area contributed by atoms with Gasteiger partial charge >= 0.3 is 24.8 Å². The molecule has 1 fully saturated rings. The summed E-state index contributed by atoms with van der Waals surface area (Å²) >= 11 is 0. The summed E-state index contributed by atoms with van der Waals surface area (Å²) in [6.45, 7) is 3.81. The molecule has 1 saturated heterocycles. The third kappa shape index (κ3) is 2.52. The van der Waals surface area contributed by atoms with Gasteiger partial charge in [0.2, 0.25) is 0 Å². The van der Waals surface area contributed by atoms with Crippen molar-refractivity contribution < 1.29 is 9.90 Å². The van der Waals surface area contributed by atoms with Crippen molar-refractivity contribution in [3.05, 3.63) is 0 Å². The Hall–Kier alpha value is 0.0274. The molecule has 1 atom stereocenters. The van der Waals surface area contributed by atoms with Gasteiger partial charge in [-0.3, -0.25) is 9.69 Å². The van der Waals surface area contributed by atoms with Gasteiger partial charge in [0.25, 0.3) is 0 Å². The summed E-state index contributed by atoms with van der Waals surface area (Å²) < 4.78 is 0. The second kappa shape index (κ2) is 4.82. The van der Waals surface area contributed by atoms with Crippen molar-refractivity contribution in [2.24, 2.45) is 0 Å². The van der Waals surface area contributed by atoms with E-state index in [9.17, 15) is 4.79 Å². The molecule has 0 amide bonds. The van der Waals surface area contributed by atoms with Gasteiger partial charge in [-0.1, -0.05) is 6.92 Å². The molecule has 0 radical (unpaired) electrons. The van der Waals surface area contributed by atoms with Gasteiger partial charge in [-0.05, 0) is 25.9 Å². The van der Waals surface area contributed by atoms with Crippen molar-refractivity contribution >= 4 is 24.8 Å². The molecule has 1 aliphatic heterocycles. The molecule has 0 aromatic rings. The minimum absolute atomic E-state index is 0. The summed E-state index contributed by atoms with van der Waals surface area (Å²) in [5, 5.41) is 8.67. The molecule has 0 unspecified atom stereocenters. The van der Waals surface area contributed by atoms with Gasteiger partial charge in [0.1, 0.15) is 6.04 Å². The first-order valence-corrected chi connectivity index (χ1v) is 3.72. The molecule has 0 aliphatic carbocycles. The van der Waals surface area contributed by atoms with Crippen LogP contribution in [-0.2, 0) is 4.79 Å². The van der Waals surface area contributed by atoms with Crippen molar-refractivity contribution in [3.8, 4) is 0 Å². The summed E-state index contributed by atoms with van der Waals surface area (Å²) in [4.78, 5) is 12.5. The summed E-state index contributed by atoms with van der Waals surface area (Å²) in [7, 11) is 0. The second-order valence-corrected chi connectivity index (χ2v) is 2.62. The monoisotopic (exact) mass is 151 g/mol. The van der Waals surface area contributed by atoms with E-state index in [1.807, 2.05) is 11.8 Å². The Morgan fingerprint density at radius 1 is 1.73 bits per heavy atom. The molecule has 0 aromatic heterocycles. The van der Waals surface area contributed by atoms with E-state index < -0.39 is 5.97 Å². The van der Waals surface area contributed by atoms with E-state index in [1.165, 1.54) is 0 Å². The summed E-state index contributed by atoms with van der Waals surface area (Å²) in [6.07, 6.45) is 1.86. The Morgan fingerprint density at radius 3 is 2.73 bits per heavy atom. The maximum absolute atomic E-state index is 10.5. The number of likely N-dealkylation sites (tertiary alicyclic amines) is 1. The maximum atomic E-state index is 10.5. The van der Waals surface area contributed by atoms with Crippen molar-refractivity contribution in [3.63, 3.8) is 0 Å². The number of carboxylic acids is 1. The van der Waals surface area contributed by atoms with Gasteiger partial charge in [-0.25, -0.2) is 0 Å². The number of hydrogen-bond acceptors (Lipinski definition) is 2. The number of carbonyl (C=O) groups is 1. The Labute approximate surface area is 78.9 Å². The molecule has 0 saturated carbocycles. The second-order valence-electron chi connectivity index (χ2n) is 2.62. The molecule has 1 N–H and O–H groups in total. The fraction of sp³-hybridized carbons (Fsp3) is 0.857. The Morgan fingerprint density at radius 2 is 2.36 bits per heavy atom. The fourth-order valence-corrected chi connectivity index (χ4v) is 1.48. The molecule has 60 valence electrons. The van der Waals surface area contributed by atoms with E-state index in [0.717, 1.165) is 25.9 Å². The van der Waals surface area contributed by atoms with Crippen LogP contribution in [-0.4, -0.2) is 54.0 Å². The molecule has 3 nitrogen and oxygen atoms in total. The number of likely N-dealkylation sites (N-methyl/N-ethyl adjacent to an activating group) is 1. The van der Waals surface area contributed by atoms with Crippen molar-refractivity contribution in [1.82, 2.24) is 4.90 Å². The van der Waals surface area contributed by atoms with E-state index in [4.69, 9.17) is 5.11 Å². The van der Waals surface area contributed by atoms with Crippen LogP contribution in [0.3, 0.4) is 0 Å². The zero-order valence-corrected chi connectivity index (χ0v) is 6.21. The van der Waals surface area contributed by atoms with Crippen LogP contribution >= 0.6 is 0 Å². The molecule has 1 rings (SSSR count). The van der Waals surface area contributed by atoms with Crippen LogP contribution in [0.25, 0.3) is 0 Å². The Kier molecular flexibility index (Phi) is 4.83. The van der Waals surface area contributed by atoms with Crippen LogP contribution in [0.1, 0.15) is 19.8 Å². The zero-order valence-electron chi connectivity index (χ0n) is 6.21. The third-order valence-corrected chi connectivity index (χ3v) is 2.05. The topological polar surface area (TPSA) is 40.5 Å². The third-order valence-electron chi connectivity index (χ3n) is 2.05. The Balaban J connectivity index is 0.000001000. The molecular weight excluding hydrogens is 137 g/mol. The molecule has 1 aliphatic rings. The molecule has 4 heteroatoms. The average Bonchev–Trinajstić information content (AvgIpc) is 2.33. The number of aliphatic carboxylic acids is 1. The number of rotatable bonds is 2. The van der Waals surface area contributed by atoms with Gasteiger partial charge in [0.05, 0.1) is 0 Å². The molecule has 0 aromatic carbocycles. The van der Waals surface area contributed by atoms with Crippen LogP contribution in [0.2, 0.25) is 0 Å². The molecule has 11 heavy (non-hydrogen) atoms. The summed E-state index contributed by atoms with van der Waals surface area (Å²) in [5.41, 5.74) is 0. The SMILES string of the molecule is CCN1CCC[C@H]1C(=O)O.[LiH]. The van der Waals surface area contributed by atoms with Crippen LogP contribution in [0, 0.1) is 0 Å². The fourth-order valence-electron chi connectivity index (χ4n) is 1.48. The van der Waals surface area contributed by atoms with Crippen LogP contribution in [0.4, 0.5) is 0 Å². The zero-order chi connectivity index (χ0) is 7.56.